The summed E-state index contributed by atoms with van der Waals surface area (Å²) >= 11 is 0. The Hall–Kier alpha value is -1.59. The van der Waals surface area contributed by atoms with Crippen molar-refractivity contribution in [2.24, 2.45) is 5.41 Å². The first-order valence-corrected chi connectivity index (χ1v) is 6.01. The fraction of sp³-hybridized carbons (Fsp3) is 0.750. The van der Waals surface area contributed by atoms with Gasteiger partial charge in [0.05, 0.1) is 6.61 Å². The van der Waals surface area contributed by atoms with Gasteiger partial charge in [0.25, 0.3) is 0 Å². The summed E-state index contributed by atoms with van der Waals surface area (Å²) in [6, 6.07) is 0. The van der Waals surface area contributed by atoms with Gasteiger partial charge >= 0.3 is 11.9 Å². The maximum Gasteiger partial charge on any atom is 0.347 e. The van der Waals surface area contributed by atoms with Crippen LogP contribution in [0.25, 0.3) is 0 Å². The third-order valence-electron chi connectivity index (χ3n) is 3.05. The lowest BCUT2D eigenvalue weighted by Crippen LogP contribution is -2.40. The molecule has 102 valence electrons. The largest absolute Gasteiger partial charge is 0.463 e. The number of nitrogens with one attached hydrogen (secondary N) is 1. The topological polar surface area (TPSA) is 81.7 Å². The summed E-state index contributed by atoms with van der Waals surface area (Å²) in [6.07, 6.45) is 0.218. The minimum absolute atomic E-state index is 0.212. The fourth-order valence-corrected chi connectivity index (χ4v) is 1.34. The molecule has 0 aromatic rings. The van der Waals surface area contributed by atoms with Gasteiger partial charge in [-0.3, -0.25) is 9.59 Å². The molecule has 1 atom stereocenters. The molecule has 1 aliphatic heterocycles. The van der Waals surface area contributed by atoms with Gasteiger partial charge < -0.3 is 14.8 Å². The van der Waals surface area contributed by atoms with Crippen molar-refractivity contribution in [2.45, 2.75) is 39.7 Å². The molecule has 0 aromatic carbocycles. The van der Waals surface area contributed by atoms with Gasteiger partial charge in [-0.1, -0.05) is 20.8 Å². The number of cyclic esters (lactones) is 1. The van der Waals surface area contributed by atoms with E-state index in [4.69, 9.17) is 4.74 Å². The van der Waals surface area contributed by atoms with Gasteiger partial charge in [-0.15, -0.1) is 0 Å². The quantitative estimate of drug-likeness (QED) is 0.721. The van der Waals surface area contributed by atoms with Crippen LogP contribution in [0.15, 0.2) is 0 Å². The van der Waals surface area contributed by atoms with Gasteiger partial charge in [0, 0.05) is 11.8 Å². The number of esters is 2. The molecule has 18 heavy (non-hydrogen) atoms. The second kappa shape index (κ2) is 5.84. The Morgan fingerprint density at radius 2 is 2.17 bits per heavy atom. The average molecular weight is 257 g/mol. The van der Waals surface area contributed by atoms with E-state index in [1.54, 1.807) is 13.8 Å². The lowest BCUT2D eigenvalue weighted by molar-refractivity contribution is -0.160. The zero-order chi connectivity index (χ0) is 13.8. The summed E-state index contributed by atoms with van der Waals surface area (Å²) in [5.74, 6) is -1.36. The lowest BCUT2D eigenvalue weighted by Gasteiger charge is -2.21. The van der Waals surface area contributed by atoms with E-state index in [0.29, 0.717) is 12.8 Å². The van der Waals surface area contributed by atoms with E-state index in [2.05, 4.69) is 10.1 Å². The third kappa shape index (κ3) is 3.72. The van der Waals surface area contributed by atoms with Crippen LogP contribution in [0.2, 0.25) is 0 Å². The Labute approximate surface area is 106 Å². The predicted octanol–water partition coefficient (Wildman–Crippen LogP) is 0.398. The van der Waals surface area contributed by atoms with Crippen LogP contribution in [0, 0.1) is 5.41 Å². The summed E-state index contributed by atoms with van der Waals surface area (Å²) in [5, 5.41) is 2.50. The molecule has 6 nitrogen and oxygen atoms in total. The third-order valence-corrected chi connectivity index (χ3v) is 3.05. The van der Waals surface area contributed by atoms with Gasteiger partial charge in [-0.05, 0) is 6.42 Å². The van der Waals surface area contributed by atoms with Crippen molar-refractivity contribution in [3.63, 3.8) is 0 Å². The van der Waals surface area contributed by atoms with Crippen LogP contribution in [0.5, 0.6) is 0 Å². The summed E-state index contributed by atoms with van der Waals surface area (Å²) in [7, 11) is 0. The molecule has 0 bridgehead atoms. The molecule has 1 aliphatic rings. The zero-order valence-electron chi connectivity index (χ0n) is 10.9. The Morgan fingerprint density at radius 3 is 2.67 bits per heavy atom. The van der Waals surface area contributed by atoms with Crippen LogP contribution in [0.3, 0.4) is 0 Å². The molecule has 0 saturated carbocycles. The number of amides is 1. The fourth-order valence-electron chi connectivity index (χ4n) is 1.34. The molecule has 1 heterocycles. The molecule has 1 unspecified atom stereocenters. The van der Waals surface area contributed by atoms with Crippen LogP contribution >= 0.6 is 0 Å². The van der Waals surface area contributed by atoms with E-state index in [1.165, 1.54) is 0 Å². The minimum atomic E-state index is -0.825. The van der Waals surface area contributed by atoms with E-state index in [-0.39, 0.29) is 19.1 Å². The SMILES string of the molecule is CCC(C)(C)C(=O)NCC(=O)OC1CCOC1=O. The summed E-state index contributed by atoms with van der Waals surface area (Å²) in [6.45, 7) is 5.52. The van der Waals surface area contributed by atoms with Gasteiger partial charge in [-0.25, -0.2) is 4.79 Å². The number of rotatable bonds is 5. The van der Waals surface area contributed by atoms with Crippen LogP contribution in [-0.4, -0.2) is 37.1 Å². The van der Waals surface area contributed by atoms with Crippen LogP contribution < -0.4 is 5.32 Å². The minimum Gasteiger partial charge on any atom is -0.463 e. The molecule has 0 aromatic heterocycles. The van der Waals surface area contributed by atoms with Gasteiger partial charge in [0.1, 0.15) is 6.54 Å². The Morgan fingerprint density at radius 1 is 1.50 bits per heavy atom. The molecule has 0 spiro atoms. The second-order valence-electron chi connectivity index (χ2n) is 4.85. The van der Waals surface area contributed by atoms with Gasteiger partial charge in [-0.2, -0.15) is 0 Å². The van der Waals surface area contributed by atoms with E-state index in [9.17, 15) is 14.4 Å². The van der Waals surface area contributed by atoms with Crippen molar-refractivity contribution in [3.8, 4) is 0 Å². The molecule has 1 amide bonds. The van der Waals surface area contributed by atoms with Crippen molar-refractivity contribution in [1.82, 2.24) is 5.32 Å². The molecule has 0 aliphatic carbocycles. The summed E-state index contributed by atoms with van der Waals surface area (Å²) < 4.78 is 9.55. The van der Waals surface area contributed by atoms with Crippen molar-refractivity contribution in [2.75, 3.05) is 13.2 Å². The highest BCUT2D eigenvalue weighted by Crippen LogP contribution is 2.19. The maximum absolute atomic E-state index is 11.7. The number of ether oxygens (including phenoxy) is 2. The number of hydrogen-bond acceptors (Lipinski definition) is 5. The monoisotopic (exact) mass is 257 g/mol. The molecule has 1 saturated heterocycles. The van der Waals surface area contributed by atoms with E-state index < -0.39 is 23.5 Å². The highest BCUT2D eigenvalue weighted by atomic mass is 16.6. The van der Waals surface area contributed by atoms with Crippen molar-refractivity contribution < 1.29 is 23.9 Å². The van der Waals surface area contributed by atoms with Crippen molar-refractivity contribution in [3.05, 3.63) is 0 Å². The van der Waals surface area contributed by atoms with E-state index >= 15 is 0 Å². The molecular formula is C12H19NO5. The normalized spacial score (nSPS) is 19.3. The molecular weight excluding hydrogens is 238 g/mol. The predicted molar refractivity (Wildman–Crippen MR) is 62.5 cm³/mol. The molecule has 0 radical (unpaired) electrons. The van der Waals surface area contributed by atoms with Crippen LogP contribution in [0.1, 0.15) is 33.6 Å². The average Bonchev–Trinajstić information content (AvgIpc) is 2.72. The van der Waals surface area contributed by atoms with Crippen LogP contribution in [-0.2, 0) is 23.9 Å². The number of carbonyl (C=O) groups excluding carboxylic acids is 3. The van der Waals surface area contributed by atoms with E-state index in [0.717, 1.165) is 0 Å². The first-order chi connectivity index (χ1) is 8.36. The highest BCUT2D eigenvalue weighted by molar-refractivity contribution is 5.86. The van der Waals surface area contributed by atoms with E-state index in [1.807, 2.05) is 6.92 Å². The zero-order valence-corrected chi connectivity index (χ0v) is 10.9. The second-order valence-corrected chi connectivity index (χ2v) is 4.85. The Kier molecular flexibility index (Phi) is 4.69. The van der Waals surface area contributed by atoms with Gasteiger partial charge in [0.2, 0.25) is 12.0 Å². The van der Waals surface area contributed by atoms with Crippen molar-refractivity contribution in [1.29, 1.82) is 0 Å². The Balaban J connectivity index is 2.33. The highest BCUT2D eigenvalue weighted by Gasteiger charge is 2.31. The van der Waals surface area contributed by atoms with Gasteiger partial charge in [0.15, 0.2) is 0 Å². The van der Waals surface area contributed by atoms with Crippen LogP contribution in [0.4, 0.5) is 0 Å². The molecule has 1 N–H and O–H groups in total. The summed E-state index contributed by atoms with van der Waals surface area (Å²) in [4.78, 5) is 34.2. The maximum atomic E-state index is 11.7. The molecule has 1 fully saturated rings. The molecule has 6 heteroatoms. The summed E-state index contributed by atoms with van der Waals surface area (Å²) in [5.41, 5.74) is -0.521. The number of hydrogen-bond donors (Lipinski definition) is 1. The Bertz CT molecular complexity index is 350. The van der Waals surface area contributed by atoms with Crippen molar-refractivity contribution >= 4 is 17.8 Å². The smallest absolute Gasteiger partial charge is 0.347 e. The molecule has 1 rings (SSSR count). The first kappa shape index (κ1) is 14.5. The lowest BCUT2D eigenvalue weighted by atomic mass is 9.89. The first-order valence-electron chi connectivity index (χ1n) is 6.01. The number of carbonyl (C=O) groups is 3. The standard InChI is InChI=1S/C12H19NO5/c1-4-12(2,3)11(16)13-7-9(14)18-8-5-6-17-10(8)15/h8H,4-7H2,1-3H3,(H,13,16).